The highest BCUT2D eigenvalue weighted by Crippen LogP contribution is 2.40. The number of ether oxygens (including phenoxy) is 1. The summed E-state index contributed by atoms with van der Waals surface area (Å²) in [6, 6.07) is 9.33. The molecule has 0 spiro atoms. The zero-order chi connectivity index (χ0) is 32.5. The van der Waals surface area contributed by atoms with Gasteiger partial charge < -0.3 is 10.1 Å². The summed E-state index contributed by atoms with van der Waals surface area (Å²) < 4.78 is 34.6. The number of nitrogens with one attached hydrogen (secondary N) is 2. The van der Waals surface area contributed by atoms with Gasteiger partial charge in [-0.25, -0.2) is 13.4 Å². The van der Waals surface area contributed by atoms with Crippen LogP contribution in [0.3, 0.4) is 0 Å². The van der Waals surface area contributed by atoms with Crippen LogP contribution in [0, 0.1) is 6.92 Å². The first kappa shape index (κ1) is 32.5. The summed E-state index contributed by atoms with van der Waals surface area (Å²) in [4.78, 5) is 13.7. The number of hydrogen-bond acceptors (Lipinski definition) is 8. The smallest absolute Gasteiger partial charge is 0.255 e. The molecule has 1 unspecified atom stereocenters. The minimum absolute atomic E-state index is 0.140. The highest BCUT2D eigenvalue weighted by Gasteiger charge is 2.30. The second-order valence-corrected chi connectivity index (χ2v) is 14.9. The van der Waals surface area contributed by atoms with E-state index in [9.17, 15) is 13.2 Å². The van der Waals surface area contributed by atoms with E-state index in [0.29, 0.717) is 23.8 Å². The Kier molecular flexibility index (Phi) is 9.25. The lowest BCUT2D eigenvalue weighted by Gasteiger charge is -2.24. The van der Waals surface area contributed by atoms with Crippen molar-refractivity contribution in [2.24, 2.45) is 10.3 Å². The van der Waals surface area contributed by atoms with Crippen molar-refractivity contribution in [3.63, 3.8) is 0 Å². The highest BCUT2D eigenvalue weighted by atomic mass is 32.2. The second kappa shape index (κ2) is 12.8. The van der Waals surface area contributed by atoms with Crippen molar-refractivity contribution in [2.45, 2.75) is 90.6 Å². The monoisotopic (exact) mass is 635 g/mol. The number of aromatic nitrogens is 2. The predicted molar refractivity (Wildman–Crippen MR) is 178 cm³/mol. The Labute approximate surface area is 266 Å². The van der Waals surface area contributed by atoms with Crippen molar-refractivity contribution in [1.29, 1.82) is 0 Å². The van der Waals surface area contributed by atoms with Gasteiger partial charge in [-0.1, -0.05) is 58.2 Å². The van der Waals surface area contributed by atoms with Gasteiger partial charge in [0.15, 0.2) is 5.75 Å². The molecule has 1 aromatic heterocycles. The van der Waals surface area contributed by atoms with Gasteiger partial charge in [0.1, 0.15) is 6.04 Å². The Morgan fingerprint density at radius 3 is 2.44 bits per heavy atom. The molecule has 2 aromatic carbocycles. The number of hydrogen-bond donors (Lipinski definition) is 2. The maximum absolute atomic E-state index is 13.7. The number of carbonyl (C=O) groups is 1. The van der Waals surface area contributed by atoms with Crippen LogP contribution in [0.15, 0.2) is 46.9 Å². The molecule has 12 heteroatoms. The average Bonchev–Trinajstić information content (AvgIpc) is 3.64. The summed E-state index contributed by atoms with van der Waals surface area (Å²) in [5, 5.41) is 18.8. The molecule has 2 aliphatic rings. The first-order chi connectivity index (χ1) is 21.3. The second-order valence-electron chi connectivity index (χ2n) is 13.1. The van der Waals surface area contributed by atoms with Crippen LogP contribution < -0.4 is 19.8 Å². The summed E-state index contributed by atoms with van der Waals surface area (Å²) >= 11 is 0. The SMILES string of the molecule is CCc1c(C2CN(c3cc(C(=O)Nc4cc(C(C)(C)C)cc(NS(C)(=O)=O)c4OC)ccc3C)N=N2)cnn1C1CCCCC1. The van der Waals surface area contributed by atoms with Gasteiger partial charge >= 0.3 is 0 Å². The Hall–Kier alpha value is -3.93. The van der Waals surface area contributed by atoms with E-state index < -0.39 is 10.0 Å². The maximum Gasteiger partial charge on any atom is 0.255 e. The first-order valence-corrected chi connectivity index (χ1v) is 17.5. The van der Waals surface area contributed by atoms with Crippen molar-refractivity contribution in [1.82, 2.24) is 9.78 Å². The van der Waals surface area contributed by atoms with Crippen molar-refractivity contribution in [3.05, 3.63) is 64.5 Å². The van der Waals surface area contributed by atoms with E-state index in [1.165, 1.54) is 44.9 Å². The fraction of sp³-hybridized carbons (Fsp3) is 0.515. The minimum Gasteiger partial charge on any atom is -0.492 e. The number of methoxy groups -OCH3 is 1. The number of aryl methyl sites for hydroxylation is 1. The van der Waals surface area contributed by atoms with Crippen LogP contribution >= 0.6 is 0 Å². The Balaban J connectivity index is 1.39. The quantitative estimate of drug-likeness (QED) is 0.258. The summed E-state index contributed by atoms with van der Waals surface area (Å²) in [5.74, 6) is -0.133. The third-order valence-electron chi connectivity index (χ3n) is 8.64. The predicted octanol–water partition coefficient (Wildman–Crippen LogP) is 7.12. The van der Waals surface area contributed by atoms with Crippen LogP contribution in [0.2, 0.25) is 0 Å². The van der Waals surface area contributed by atoms with Gasteiger partial charge in [-0.15, -0.1) is 0 Å². The van der Waals surface area contributed by atoms with E-state index in [1.54, 1.807) is 12.1 Å². The number of nitrogens with zero attached hydrogens (tertiary/aromatic N) is 5. The van der Waals surface area contributed by atoms with Gasteiger partial charge in [0, 0.05) is 16.8 Å². The lowest BCUT2D eigenvalue weighted by molar-refractivity contribution is 0.102. The summed E-state index contributed by atoms with van der Waals surface area (Å²) in [6.07, 6.45) is 10.1. The zero-order valence-electron chi connectivity index (χ0n) is 27.3. The fourth-order valence-electron chi connectivity index (χ4n) is 6.23. The molecular formula is C33H45N7O4S. The summed E-state index contributed by atoms with van der Waals surface area (Å²) in [5.41, 5.74) is 5.66. The number of sulfonamides is 1. The largest absolute Gasteiger partial charge is 0.492 e. The zero-order valence-corrected chi connectivity index (χ0v) is 28.2. The maximum atomic E-state index is 13.7. The van der Waals surface area contributed by atoms with E-state index in [-0.39, 0.29) is 28.8 Å². The van der Waals surface area contributed by atoms with Crippen LogP contribution in [0.1, 0.15) is 105 Å². The molecule has 1 aliphatic heterocycles. The molecule has 242 valence electrons. The van der Waals surface area contributed by atoms with Crippen molar-refractivity contribution >= 4 is 33.0 Å². The molecule has 1 aliphatic carbocycles. The lowest BCUT2D eigenvalue weighted by atomic mass is 9.86. The van der Waals surface area contributed by atoms with E-state index in [4.69, 9.17) is 9.84 Å². The van der Waals surface area contributed by atoms with Crippen LogP contribution in [-0.2, 0) is 21.9 Å². The van der Waals surface area contributed by atoms with Crippen LogP contribution in [0.25, 0.3) is 0 Å². The standard InChI is InChI=1S/C33H45N7O4S/c1-8-29-25(19-34-40(29)24-12-10-9-11-13-24)28-20-39(38-36-28)30-16-22(15-14-21(30)2)32(41)35-26-17-23(33(3,4)5)18-27(31(26)44-6)37-45(7,42)43/h14-19,24,28,37H,8-13,20H2,1-7H3,(H,35,41). The number of rotatable bonds is 9. The van der Waals surface area contributed by atoms with Gasteiger partial charge in [-0.05, 0) is 67.0 Å². The molecule has 45 heavy (non-hydrogen) atoms. The third kappa shape index (κ3) is 7.16. The molecule has 5 rings (SSSR count). The van der Waals surface area contributed by atoms with Gasteiger partial charge in [-0.3, -0.25) is 14.2 Å². The number of carbonyl (C=O) groups excluding carboxylic acids is 1. The van der Waals surface area contributed by atoms with E-state index in [0.717, 1.165) is 35.1 Å². The number of anilines is 3. The van der Waals surface area contributed by atoms with E-state index in [1.807, 2.05) is 57.1 Å². The summed E-state index contributed by atoms with van der Waals surface area (Å²) in [6.45, 7) is 10.7. The molecule has 0 radical (unpaired) electrons. The van der Waals surface area contributed by atoms with E-state index >= 15 is 0 Å². The highest BCUT2D eigenvalue weighted by molar-refractivity contribution is 7.92. The van der Waals surface area contributed by atoms with Crippen LogP contribution in [0.4, 0.5) is 17.1 Å². The average molecular weight is 636 g/mol. The van der Waals surface area contributed by atoms with Crippen molar-refractivity contribution in [3.8, 4) is 5.75 Å². The molecule has 3 aromatic rings. The molecule has 0 bridgehead atoms. The van der Waals surface area contributed by atoms with Gasteiger partial charge in [0.25, 0.3) is 5.91 Å². The van der Waals surface area contributed by atoms with Crippen molar-refractivity contribution in [2.75, 3.05) is 35.0 Å². The topological polar surface area (TPSA) is 130 Å². The molecule has 2 heterocycles. The molecule has 0 saturated heterocycles. The summed E-state index contributed by atoms with van der Waals surface area (Å²) in [7, 11) is -2.15. The van der Waals surface area contributed by atoms with Crippen LogP contribution in [0.5, 0.6) is 5.75 Å². The molecule has 2 N–H and O–H groups in total. The molecule has 1 atom stereocenters. The molecule has 11 nitrogen and oxygen atoms in total. The molecule has 1 saturated carbocycles. The first-order valence-electron chi connectivity index (χ1n) is 15.7. The molecular weight excluding hydrogens is 590 g/mol. The Morgan fingerprint density at radius 2 is 1.80 bits per heavy atom. The van der Waals surface area contributed by atoms with Gasteiger partial charge in [0.2, 0.25) is 10.0 Å². The van der Waals surface area contributed by atoms with Gasteiger partial charge in [-0.2, -0.15) is 10.2 Å². The molecule has 1 fully saturated rings. The third-order valence-corrected chi connectivity index (χ3v) is 9.23. The van der Waals surface area contributed by atoms with Crippen molar-refractivity contribution < 1.29 is 17.9 Å². The number of amides is 1. The normalized spacial score (nSPS) is 17.5. The fourth-order valence-corrected chi connectivity index (χ4v) is 6.78. The molecule has 1 amide bonds. The lowest BCUT2D eigenvalue weighted by Crippen LogP contribution is -2.20. The van der Waals surface area contributed by atoms with Gasteiger partial charge in [0.05, 0.1) is 49.2 Å². The Bertz CT molecular complexity index is 1700. The Morgan fingerprint density at radius 1 is 1.09 bits per heavy atom. The number of benzene rings is 2. The minimum atomic E-state index is -3.60. The van der Waals surface area contributed by atoms with E-state index in [2.05, 4.69) is 32.0 Å². The van der Waals surface area contributed by atoms with Crippen LogP contribution in [-0.4, -0.2) is 44.0 Å².